The number of nitrogens with zero attached hydrogens (tertiary/aromatic N) is 4. The minimum Gasteiger partial charge on any atom is -0.489 e. The van der Waals surface area contributed by atoms with Crippen molar-refractivity contribution in [3.8, 4) is 5.75 Å². The number of anilines is 2. The monoisotopic (exact) mass is 504 g/mol. The average molecular weight is 505 g/mol. The van der Waals surface area contributed by atoms with Crippen molar-refractivity contribution in [3.05, 3.63) is 59.1 Å². The molecule has 12 heteroatoms. The van der Waals surface area contributed by atoms with Crippen LogP contribution in [0.5, 0.6) is 5.75 Å². The quantitative estimate of drug-likeness (QED) is 0.347. The highest BCUT2D eigenvalue weighted by molar-refractivity contribution is 7.15. The number of carbonyl (C=O) groups is 1. The fourth-order valence-corrected chi connectivity index (χ4v) is 4.14. The summed E-state index contributed by atoms with van der Waals surface area (Å²) in [6, 6.07) is 4.56. The van der Waals surface area contributed by atoms with E-state index in [4.69, 9.17) is 4.74 Å². The Morgan fingerprint density at radius 2 is 1.89 bits per heavy atom. The molecule has 184 valence electrons. The zero-order valence-electron chi connectivity index (χ0n) is 19.3. The van der Waals surface area contributed by atoms with Crippen molar-refractivity contribution in [3.63, 3.8) is 0 Å². The van der Waals surface area contributed by atoms with E-state index in [0.717, 1.165) is 22.5 Å². The summed E-state index contributed by atoms with van der Waals surface area (Å²) in [4.78, 5) is 26.1. The number of amides is 1. The molecule has 1 unspecified atom stereocenters. The summed E-state index contributed by atoms with van der Waals surface area (Å²) in [5, 5.41) is 6.36. The molecule has 0 spiro atoms. The maximum absolute atomic E-state index is 13.1. The highest BCUT2D eigenvalue weighted by Gasteiger charge is 2.31. The Labute approximate surface area is 203 Å². The summed E-state index contributed by atoms with van der Waals surface area (Å²) in [5.74, 6) is -0.275. The van der Waals surface area contributed by atoms with Gasteiger partial charge in [0.2, 0.25) is 0 Å². The number of halogens is 3. The van der Waals surface area contributed by atoms with E-state index in [-0.39, 0.29) is 29.5 Å². The number of aryl methyl sites for hydroxylation is 1. The third-order valence-electron chi connectivity index (χ3n) is 5.06. The predicted molar refractivity (Wildman–Crippen MR) is 127 cm³/mol. The van der Waals surface area contributed by atoms with Crippen LogP contribution in [0.15, 0.2) is 43.0 Å². The molecular weight excluding hydrogens is 481 g/mol. The Hall–Kier alpha value is -3.67. The summed E-state index contributed by atoms with van der Waals surface area (Å²) in [6.07, 6.45) is -0.00391. The molecule has 35 heavy (non-hydrogen) atoms. The van der Waals surface area contributed by atoms with E-state index in [2.05, 4.69) is 25.6 Å². The molecule has 0 fully saturated rings. The van der Waals surface area contributed by atoms with Crippen LogP contribution in [-0.4, -0.2) is 31.5 Å². The van der Waals surface area contributed by atoms with Gasteiger partial charge in [0.1, 0.15) is 17.0 Å². The molecular formula is C23H23F3N6O2S. The fourth-order valence-electron chi connectivity index (χ4n) is 3.31. The van der Waals surface area contributed by atoms with Crippen molar-refractivity contribution in [2.45, 2.75) is 39.1 Å². The molecule has 4 rings (SSSR count). The second-order valence-electron chi connectivity index (χ2n) is 8.18. The average Bonchev–Trinajstić information content (AvgIpc) is 3.40. The number of alkyl halides is 3. The molecule has 4 aromatic rings. The smallest absolute Gasteiger partial charge is 0.416 e. The normalized spacial score (nSPS) is 12.7. The van der Waals surface area contributed by atoms with Crippen LogP contribution < -0.4 is 15.4 Å². The van der Waals surface area contributed by atoms with Gasteiger partial charge in [-0.2, -0.15) is 13.2 Å². The van der Waals surface area contributed by atoms with Gasteiger partial charge in [-0.3, -0.25) is 4.79 Å². The number of hydrogen-bond donors (Lipinski definition) is 2. The molecule has 0 radical (unpaired) electrons. The maximum atomic E-state index is 13.1. The molecule has 0 aliphatic carbocycles. The van der Waals surface area contributed by atoms with Crippen molar-refractivity contribution < 1.29 is 22.7 Å². The first-order valence-electron chi connectivity index (χ1n) is 10.7. The summed E-state index contributed by atoms with van der Waals surface area (Å²) < 4.78 is 46.8. The topological polar surface area (TPSA) is 94.0 Å². The van der Waals surface area contributed by atoms with E-state index < -0.39 is 11.7 Å². The number of ether oxygens (including phenoxy) is 1. The van der Waals surface area contributed by atoms with Gasteiger partial charge in [0, 0.05) is 18.1 Å². The van der Waals surface area contributed by atoms with Crippen LogP contribution in [0.25, 0.3) is 11.0 Å². The number of fused-ring (bicyclic) bond motifs is 1. The first-order valence-corrected chi connectivity index (χ1v) is 11.5. The molecule has 0 bridgehead atoms. The van der Waals surface area contributed by atoms with E-state index in [9.17, 15) is 18.0 Å². The third-order valence-corrected chi connectivity index (χ3v) is 6.15. The predicted octanol–water partition coefficient (Wildman–Crippen LogP) is 5.47. The number of thiazole rings is 1. The van der Waals surface area contributed by atoms with E-state index in [1.54, 1.807) is 43.2 Å². The number of rotatable bonds is 7. The van der Waals surface area contributed by atoms with Crippen molar-refractivity contribution in [2.24, 2.45) is 7.05 Å². The molecule has 3 aromatic heterocycles. The molecule has 0 aliphatic rings. The molecule has 1 amide bonds. The first kappa shape index (κ1) is 24.5. The van der Waals surface area contributed by atoms with Crippen molar-refractivity contribution in [2.75, 3.05) is 5.32 Å². The molecule has 0 aliphatic heterocycles. The number of pyridine rings is 1. The van der Waals surface area contributed by atoms with Crippen LogP contribution in [0, 0.1) is 0 Å². The molecule has 8 nitrogen and oxygen atoms in total. The minimum atomic E-state index is -4.48. The molecule has 1 atom stereocenters. The molecule has 3 heterocycles. The van der Waals surface area contributed by atoms with E-state index in [0.29, 0.717) is 16.3 Å². The number of imidazole rings is 1. The van der Waals surface area contributed by atoms with Crippen LogP contribution in [0.4, 0.5) is 24.0 Å². The van der Waals surface area contributed by atoms with Gasteiger partial charge in [-0.1, -0.05) is 11.3 Å². The van der Waals surface area contributed by atoms with Crippen LogP contribution in [0.2, 0.25) is 0 Å². The van der Waals surface area contributed by atoms with Crippen molar-refractivity contribution in [1.82, 2.24) is 24.8 Å². The standard InChI is InChI=1S/C23H23F3N6O2S/c1-12(2)34-19-7-14(23(24,25)26)5-6-15(19)31-22-28-10-20(35-22)13(3)30-21(33)16-8-18-17(9-27-16)29-11-32(18)4/h5-13H,1-4H3,(H,28,31)(H,30,33). The highest BCUT2D eigenvalue weighted by atomic mass is 32.1. The lowest BCUT2D eigenvalue weighted by atomic mass is 10.2. The van der Waals surface area contributed by atoms with Gasteiger partial charge in [0.05, 0.1) is 41.4 Å². The molecule has 2 N–H and O–H groups in total. The Morgan fingerprint density at radius 1 is 1.11 bits per heavy atom. The van der Waals surface area contributed by atoms with E-state index >= 15 is 0 Å². The summed E-state index contributed by atoms with van der Waals surface area (Å²) in [6.45, 7) is 5.27. The van der Waals surface area contributed by atoms with E-state index in [1.165, 1.54) is 17.4 Å². The summed E-state index contributed by atoms with van der Waals surface area (Å²) >= 11 is 1.27. The Balaban J connectivity index is 1.48. The number of benzene rings is 1. The second kappa shape index (κ2) is 9.53. The van der Waals surface area contributed by atoms with Crippen LogP contribution in [-0.2, 0) is 13.2 Å². The third kappa shape index (κ3) is 5.53. The van der Waals surface area contributed by atoms with Gasteiger partial charge < -0.3 is 19.9 Å². The second-order valence-corrected chi connectivity index (χ2v) is 9.24. The van der Waals surface area contributed by atoms with Crippen molar-refractivity contribution >= 4 is 39.1 Å². The summed E-state index contributed by atoms with van der Waals surface area (Å²) in [5.41, 5.74) is 1.30. The number of carbonyl (C=O) groups excluding carboxylic acids is 1. The highest BCUT2D eigenvalue weighted by Crippen LogP contribution is 2.37. The van der Waals surface area contributed by atoms with Gasteiger partial charge in [-0.15, -0.1) is 0 Å². The zero-order chi connectivity index (χ0) is 25.3. The van der Waals surface area contributed by atoms with Gasteiger partial charge >= 0.3 is 6.18 Å². The maximum Gasteiger partial charge on any atom is 0.416 e. The van der Waals surface area contributed by atoms with Gasteiger partial charge in [-0.25, -0.2) is 15.0 Å². The lowest BCUT2D eigenvalue weighted by molar-refractivity contribution is -0.137. The Bertz CT molecular complexity index is 1370. The largest absolute Gasteiger partial charge is 0.489 e. The Morgan fingerprint density at radius 3 is 2.60 bits per heavy atom. The van der Waals surface area contributed by atoms with Gasteiger partial charge in [0.15, 0.2) is 5.13 Å². The first-order chi connectivity index (χ1) is 16.5. The number of aromatic nitrogens is 4. The number of hydrogen-bond acceptors (Lipinski definition) is 7. The fraction of sp³-hybridized carbons (Fsp3) is 0.304. The van der Waals surface area contributed by atoms with Crippen LogP contribution in [0.1, 0.15) is 47.7 Å². The number of nitrogens with one attached hydrogen (secondary N) is 2. The lowest BCUT2D eigenvalue weighted by Gasteiger charge is -2.17. The Kier molecular flexibility index (Phi) is 6.66. The van der Waals surface area contributed by atoms with E-state index in [1.807, 2.05) is 14.0 Å². The SMILES string of the molecule is CC(C)Oc1cc(C(F)(F)F)ccc1Nc1ncc(C(C)NC(=O)c2cc3c(cn2)ncn3C)s1. The zero-order valence-corrected chi connectivity index (χ0v) is 20.2. The molecule has 0 saturated carbocycles. The summed E-state index contributed by atoms with van der Waals surface area (Å²) in [7, 11) is 1.83. The van der Waals surface area contributed by atoms with Gasteiger partial charge in [0.25, 0.3) is 5.91 Å². The van der Waals surface area contributed by atoms with Gasteiger partial charge in [-0.05, 0) is 45.0 Å². The lowest BCUT2D eigenvalue weighted by Crippen LogP contribution is -2.26. The van der Waals surface area contributed by atoms with Crippen molar-refractivity contribution in [1.29, 1.82) is 0 Å². The molecule has 0 saturated heterocycles. The van der Waals surface area contributed by atoms with Crippen LogP contribution >= 0.6 is 11.3 Å². The minimum absolute atomic E-state index is 0.0737. The van der Waals surface area contributed by atoms with Crippen LogP contribution in [0.3, 0.4) is 0 Å². The molecule has 1 aromatic carbocycles.